The van der Waals surface area contributed by atoms with Gasteiger partial charge >= 0.3 is 0 Å². The first-order valence-corrected chi connectivity index (χ1v) is 10.7. The zero-order chi connectivity index (χ0) is 18.4. The lowest BCUT2D eigenvalue weighted by atomic mass is 10.1. The van der Waals surface area contributed by atoms with Crippen LogP contribution in [0.2, 0.25) is 0 Å². The largest absolute Gasteiger partial charge is 0.296 e. The average Bonchev–Trinajstić information content (AvgIpc) is 3.01. The standard InChI is InChI=1S/C16H22N4O3S2/c1-4-5-6-11-14-18-19-16(24-14)17-15(21)12-9-7-8-10-13(12)20(2)25(3,22)23/h7-10H,4-6,11H2,1-3H3,(H,17,19,21). The van der Waals surface area contributed by atoms with Crippen LogP contribution in [0.15, 0.2) is 24.3 Å². The number of amides is 1. The van der Waals surface area contributed by atoms with E-state index in [0.717, 1.165) is 41.3 Å². The minimum absolute atomic E-state index is 0.262. The molecule has 0 saturated carbocycles. The van der Waals surface area contributed by atoms with Crippen molar-refractivity contribution >= 4 is 38.1 Å². The zero-order valence-electron chi connectivity index (χ0n) is 14.5. The van der Waals surface area contributed by atoms with Crippen molar-refractivity contribution in [3.8, 4) is 0 Å². The molecule has 0 radical (unpaired) electrons. The molecule has 0 fully saturated rings. The molecule has 0 aliphatic carbocycles. The minimum Gasteiger partial charge on any atom is -0.296 e. The van der Waals surface area contributed by atoms with Crippen LogP contribution < -0.4 is 9.62 Å². The van der Waals surface area contributed by atoms with Crippen molar-refractivity contribution in [3.63, 3.8) is 0 Å². The Kier molecular flexibility index (Phi) is 6.49. The van der Waals surface area contributed by atoms with Gasteiger partial charge in [0.15, 0.2) is 0 Å². The molecule has 9 heteroatoms. The molecule has 1 aromatic carbocycles. The number of sulfonamides is 1. The Morgan fingerprint density at radius 3 is 2.64 bits per heavy atom. The number of aromatic nitrogens is 2. The van der Waals surface area contributed by atoms with Gasteiger partial charge in [-0.25, -0.2) is 8.42 Å². The van der Waals surface area contributed by atoms with Crippen molar-refractivity contribution < 1.29 is 13.2 Å². The predicted octanol–water partition coefficient (Wildman–Crippen LogP) is 2.92. The maximum absolute atomic E-state index is 12.5. The molecule has 7 nitrogen and oxygen atoms in total. The zero-order valence-corrected chi connectivity index (χ0v) is 16.2. The Morgan fingerprint density at radius 2 is 1.96 bits per heavy atom. The molecule has 1 heterocycles. The highest BCUT2D eigenvalue weighted by molar-refractivity contribution is 7.92. The van der Waals surface area contributed by atoms with Gasteiger partial charge in [-0.2, -0.15) is 0 Å². The van der Waals surface area contributed by atoms with Crippen LogP contribution in [0.1, 0.15) is 41.6 Å². The third-order valence-electron chi connectivity index (χ3n) is 3.67. The molecule has 0 aliphatic rings. The maximum atomic E-state index is 12.5. The number of nitrogens with one attached hydrogen (secondary N) is 1. The van der Waals surface area contributed by atoms with Crippen LogP contribution >= 0.6 is 11.3 Å². The molecular formula is C16H22N4O3S2. The number of hydrogen-bond acceptors (Lipinski definition) is 6. The molecule has 2 rings (SSSR count). The van der Waals surface area contributed by atoms with Gasteiger partial charge in [0, 0.05) is 13.5 Å². The van der Waals surface area contributed by atoms with Gasteiger partial charge in [0.05, 0.1) is 17.5 Å². The van der Waals surface area contributed by atoms with Gasteiger partial charge in [0.2, 0.25) is 15.2 Å². The van der Waals surface area contributed by atoms with Crippen molar-refractivity contribution in [2.45, 2.75) is 32.6 Å². The SMILES string of the molecule is CCCCCc1nnc(NC(=O)c2ccccc2N(C)S(C)(=O)=O)s1. The number of carbonyl (C=O) groups excluding carboxylic acids is 1. The van der Waals surface area contributed by atoms with Crippen LogP contribution in [0, 0.1) is 0 Å². The van der Waals surface area contributed by atoms with E-state index < -0.39 is 15.9 Å². The summed E-state index contributed by atoms with van der Waals surface area (Å²) in [6.45, 7) is 2.14. The van der Waals surface area contributed by atoms with E-state index in [1.54, 1.807) is 24.3 Å². The smallest absolute Gasteiger partial charge is 0.259 e. The summed E-state index contributed by atoms with van der Waals surface area (Å²) in [6, 6.07) is 6.54. The predicted molar refractivity (Wildman–Crippen MR) is 101 cm³/mol. The Hall–Kier alpha value is -2.00. The van der Waals surface area contributed by atoms with Crippen LogP contribution in [-0.4, -0.2) is 37.8 Å². The molecule has 1 N–H and O–H groups in total. The fourth-order valence-electron chi connectivity index (χ4n) is 2.21. The molecular weight excluding hydrogens is 360 g/mol. The van der Waals surface area contributed by atoms with Crippen molar-refractivity contribution in [3.05, 3.63) is 34.8 Å². The second-order valence-electron chi connectivity index (χ2n) is 5.66. The number of aryl methyl sites for hydroxylation is 1. The maximum Gasteiger partial charge on any atom is 0.259 e. The summed E-state index contributed by atoms with van der Waals surface area (Å²) in [5, 5.41) is 12.1. The second kappa shape index (κ2) is 8.39. The first kappa shape index (κ1) is 19.3. The molecule has 2 aromatic rings. The summed E-state index contributed by atoms with van der Waals surface area (Å²) in [5.74, 6) is -0.414. The van der Waals surface area contributed by atoms with E-state index in [4.69, 9.17) is 0 Å². The van der Waals surface area contributed by atoms with Crippen molar-refractivity contribution in [2.24, 2.45) is 0 Å². The molecule has 0 spiro atoms. The van der Waals surface area contributed by atoms with Gasteiger partial charge in [-0.3, -0.25) is 14.4 Å². The minimum atomic E-state index is -3.47. The fourth-order valence-corrected chi connectivity index (χ4v) is 3.51. The van der Waals surface area contributed by atoms with Crippen molar-refractivity contribution in [1.82, 2.24) is 10.2 Å². The number of unbranched alkanes of at least 4 members (excludes halogenated alkanes) is 2. The Labute approximate surface area is 152 Å². The number of anilines is 2. The van der Waals surface area contributed by atoms with E-state index in [1.807, 2.05) is 0 Å². The highest BCUT2D eigenvalue weighted by Gasteiger charge is 2.20. The van der Waals surface area contributed by atoms with Crippen LogP contribution in [0.5, 0.6) is 0 Å². The highest BCUT2D eigenvalue weighted by atomic mass is 32.2. The molecule has 1 aromatic heterocycles. The van der Waals surface area contributed by atoms with E-state index in [0.29, 0.717) is 10.8 Å². The Balaban J connectivity index is 2.14. The van der Waals surface area contributed by atoms with Gasteiger partial charge in [0.25, 0.3) is 5.91 Å². The van der Waals surface area contributed by atoms with Gasteiger partial charge in [0.1, 0.15) is 5.01 Å². The molecule has 1 amide bonds. The summed E-state index contributed by atoms with van der Waals surface area (Å²) in [4.78, 5) is 12.5. The van der Waals surface area contributed by atoms with E-state index in [-0.39, 0.29) is 5.56 Å². The van der Waals surface area contributed by atoms with E-state index in [1.165, 1.54) is 18.4 Å². The first-order chi connectivity index (χ1) is 11.8. The summed E-state index contributed by atoms with van der Waals surface area (Å²) in [6.07, 6.45) is 5.24. The third-order valence-corrected chi connectivity index (χ3v) is 5.76. The van der Waals surface area contributed by atoms with Gasteiger partial charge in [-0.15, -0.1) is 10.2 Å². The average molecular weight is 383 g/mol. The van der Waals surface area contributed by atoms with Gasteiger partial charge in [-0.1, -0.05) is 43.2 Å². The molecule has 0 saturated heterocycles. The van der Waals surface area contributed by atoms with Crippen LogP contribution in [0.3, 0.4) is 0 Å². The lowest BCUT2D eigenvalue weighted by molar-refractivity contribution is 0.102. The monoisotopic (exact) mass is 382 g/mol. The van der Waals surface area contributed by atoms with Gasteiger partial charge in [-0.05, 0) is 18.6 Å². The fraction of sp³-hybridized carbons (Fsp3) is 0.438. The Morgan fingerprint density at radius 1 is 1.24 bits per heavy atom. The Bertz CT molecular complexity index is 833. The van der Waals surface area contributed by atoms with Crippen LogP contribution in [-0.2, 0) is 16.4 Å². The van der Waals surface area contributed by atoms with E-state index in [9.17, 15) is 13.2 Å². The summed E-state index contributed by atoms with van der Waals surface area (Å²) >= 11 is 1.34. The molecule has 136 valence electrons. The number of nitrogens with zero attached hydrogens (tertiary/aromatic N) is 3. The topological polar surface area (TPSA) is 92.3 Å². The normalized spacial score (nSPS) is 11.3. The molecule has 0 unspecified atom stereocenters. The van der Waals surface area contributed by atoms with Crippen LogP contribution in [0.4, 0.5) is 10.8 Å². The van der Waals surface area contributed by atoms with Crippen molar-refractivity contribution in [2.75, 3.05) is 22.9 Å². The quantitative estimate of drug-likeness (QED) is 0.709. The number of rotatable bonds is 8. The molecule has 0 bridgehead atoms. The number of para-hydroxylation sites is 1. The first-order valence-electron chi connectivity index (χ1n) is 7.99. The molecule has 0 aliphatic heterocycles. The molecule has 0 atom stereocenters. The lowest BCUT2D eigenvalue weighted by Crippen LogP contribution is -2.27. The summed E-state index contributed by atoms with van der Waals surface area (Å²) in [7, 11) is -2.05. The van der Waals surface area contributed by atoms with Gasteiger partial charge < -0.3 is 0 Å². The lowest BCUT2D eigenvalue weighted by Gasteiger charge is -2.19. The number of hydrogen-bond donors (Lipinski definition) is 1. The molecule has 25 heavy (non-hydrogen) atoms. The highest BCUT2D eigenvalue weighted by Crippen LogP contribution is 2.24. The second-order valence-corrected chi connectivity index (χ2v) is 8.74. The van der Waals surface area contributed by atoms with E-state index >= 15 is 0 Å². The van der Waals surface area contributed by atoms with E-state index in [2.05, 4.69) is 22.4 Å². The number of carbonyl (C=O) groups is 1. The summed E-state index contributed by atoms with van der Waals surface area (Å²) in [5.41, 5.74) is 0.577. The van der Waals surface area contributed by atoms with Crippen molar-refractivity contribution in [1.29, 1.82) is 0 Å². The van der Waals surface area contributed by atoms with Crippen LogP contribution in [0.25, 0.3) is 0 Å². The number of benzene rings is 1. The third kappa shape index (κ3) is 5.23. The summed E-state index contributed by atoms with van der Waals surface area (Å²) < 4.78 is 24.6.